The van der Waals surface area contributed by atoms with Crippen molar-refractivity contribution in [1.82, 2.24) is 5.32 Å². The molecule has 3 aliphatic rings. The van der Waals surface area contributed by atoms with Crippen molar-refractivity contribution in [2.45, 2.75) is 63.5 Å². The number of nitrogens with one attached hydrogen (secondary N) is 1. The molecule has 1 nitrogen and oxygen atoms in total. The van der Waals surface area contributed by atoms with Gasteiger partial charge in [0.15, 0.2) is 0 Å². The molecule has 1 saturated heterocycles. The van der Waals surface area contributed by atoms with E-state index in [1.54, 1.807) is 0 Å². The first-order valence-corrected chi connectivity index (χ1v) is 7.88. The summed E-state index contributed by atoms with van der Waals surface area (Å²) in [5.41, 5.74) is 0.755. The Kier molecular flexibility index (Phi) is 2.99. The Balaban J connectivity index is 1.56. The van der Waals surface area contributed by atoms with Crippen molar-refractivity contribution in [3.8, 4) is 0 Å². The van der Waals surface area contributed by atoms with E-state index in [9.17, 15) is 0 Å². The third-order valence-corrected chi connectivity index (χ3v) is 6.05. The van der Waals surface area contributed by atoms with Gasteiger partial charge in [0.05, 0.1) is 0 Å². The Hall–Kier alpha value is 0.310. The van der Waals surface area contributed by atoms with Gasteiger partial charge in [0.25, 0.3) is 0 Å². The lowest BCUT2D eigenvalue weighted by Crippen LogP contribution is -2.57. The second kappa shape index (κ2) is 4.29. The summed E-state index contributed by atoms with van der Waals surface area (Å²) in [7, 11) is 0. The van der Waals surface area contributed by atoms with Gasteiger partial charge in [0.1, 0.15) is 0 Å². The standard InChI is InChI=1S/C13H23NS/c1-2-6-13(7-3-1)8-4-12(13)14-11-5-9-15-10-11/h11-12,14H,1-10H2. The van der Waals surface area contributed by atoms with E-state index in [0.717, 1.165) is 17.5 Å². The maximum atomic E-state index is 3.96. The minimum Gasteiger partial charge on any atom is -0.310 e. The second-order valence-electron chi connectivity index (χ2n) is 5.74. The third-order valence-electron chi connectivity index (χ3n) is 4.89. The highest BCUT2D eigenvalue weighted by Crippen LogP contribution is 2.52. The zero-order valence-corrected chi connectivity index (χ0v) is 10.5. The zero-order valence-electron chi connectivity index (χ0n) is 9.63. The number of rotatable bonds is 2. The molecule has 2 saturated carbocycles. The SMILES string of the molecule is C1CCC2(CC1)CCC2NC1CCSC1. The minimum absolute atomic E-state index is 0.755. The van der Waals surface area contributed by atoms with Crippen LogP contribution in [-0.2, 0) is 0 Å². The molecule has 1 heterocycles. The summed E-state index contributed by atoms with van der Waals surface area (Å²) in [6.07, 6.45) is 11.9. The van der Waals surface area contributed by atoms with Crippen molar-refractivity contribution in [1.29, 1.82) is 0 Å². The summed E-state index contributed by atoms with van der Waals surface area (Å²) in [5, 5.41) is 3.96. The molecule has 3 rings (SSSR count). The molecule has 15 heavy (non-hydrogen) atoms. The van der Waals surface area contributed by atoms with Crippen LogP contribution in [0.1, 0.15) is 51.4 Å². The molecule has 2 atom stereocenters. The maximum absolute atomic E-state index is 3.96. The van der Waals surface area contributed by atoms with Crippen molar-refractivity contribution in [3.63, 3.8) is 0 Å². The molecule has 1 N–H and O–H groups in total. The Morgan fingerprint density at radius 3 is 2.47 bits per heavy atom. The lowest BCUT2D eigenvalue weighted by molar-refractivity contribution is 0.0181. The predicted octanol–water partition coefficient (Wildman–Crippen LogP) is 3.19. The molecule has 2 aliphatic carbocycles. The monoisotopic (exact) mass is 225 g/mol. The summed E-state index contributed by atoms with van der Waals surface area (Å²) < 4.78 is 0. The van der Waals surface area contributed by atoms with Gasteiger partial charge >= 0.3 is 0 Å². The van der Waals surface area contributed by atoms with E-state index >= 15 is 0 Å². The highest BCUT2D eigenvalue weighted by molar-refractivity contribution is 7.99. The highest BCUT2D eigenvalue weighted by atomic mass is 32.2. The predicted molar refractivity (Wildman–Crippen MR) is 67.4 cm³/mol. The topological polar surface area (TPSA) is 12.0 Å². The van der Waals surface area contributed by atoms with Crippen molar-refractivity contribution in [2.24, 2.45) is 5.41 Å². The van der Waals surface area contributed by atoms with Crippen molar-refractivity contribution in [2.75, 3.05) is 11.5 Å². The first-order chi connectivity index (χ1) is 7.39. The van der Waals surface area contributed by atoms with Crippen LogP contribution < -0.4 is 5.32 Å². The highest BCUT2D eigenvalue weighted by Gasteiger charge is 2.47. The van der Waals surface area contributed by atoms with E-state index in [2.05, 4.69) is 17.1 Å². The molecule has 1 spiro atoms. The van der Waals surface area contributed by atoms with E-state index in [1.807, 2.05) is 0 Å². The number of hydrogen-bond donors (Lipinski definition) is 1. The molecule has 2 heteroatoms. The van der Waals surface area contributed by atoms with E-state index in [4.69, 9.17) is 0 Å². The van der Waals surface area contributed by atoms with Gasteiger partial charge in [-0.05, 0) is 43.3 Å². The molecule has 0 aromatic heterocycles. The molecular weight excluding hydrogens is 202 g/mol. The second-order valence-corrected chi connectivity index (χ2v) is 6.89. The Labute approximate surface area is 97.8 Å². The molecule has 0 amide bonds. The maximum Gasteiger partial charge on any atom is 0.0168 e. The van der Waals surface area contributed by atoms with Gasteiger partial charge in [-0.2, -0.15) is 11.8 Å². The first-order valence-electron chi connectivity index (χ1n) is 6.73. The largest absolute Gasteiger partial charge is 0.310 e. The third kappa shape index (κ3) is 1.95. The molecule has 0 bridgehead atoms. The molecule has 0 aromatic rings. The molecule has 2 unspecified atom stereocenters. The summed E-state index contributed by atoms with van der Waals surface area (Å²) in [4.78, 5) is 0. The molecule has 3 fully saturated rings. The molecule has 0 radical (unpaired) electrons. The van der Waals surface area contributed by atoms with Gasteiger partial charge in [-0.25, -0.2) is 0 Å². The first kappa shape index (κ1) is 10.5. The van der Waals surface area contributed by atoms with Crippen LogP contribution >= 0.6 is 11.8 Å². The van der Waals surface area contributed by atoms with Crippen LogP contribution in [-0.4, -0.2) is 23.6 Å². The van der Waals surface area contributed by atoms with Crippen LogP contribution in [0.3, 0.4) is 0 Å². The van der Waals surface area contributed by atoms with Crippen LogP contribution in [0.25, 0.3) is 0 Å². The molecule has 1 aliphatic heterocycles. The number of hydrogen-bond acceptors (Lipinski definition) is 2. The van der Waals surface area contributed by atoms with E-state index < -0.39 is 0 Å². The van der Waals surface area contributed by atoms with Gasteiger partial charge in [-0.1, -0.05) is 19.3 Å². The van der Waals surface area contributed by atoms with Crippen molar-refractivity contribution in [3.05, 3.63) is 0 Å². The van der Waals surface area contributed by atoms with Crippen LogP contribution in [0.2, 0.25) is 0 Å². The quantitative estimate of drug-likeness (QED) is 0.774. The fourth-order valence-electron chi connectivity index (χ4n) is 3.76. The summed E-state index contributed by atoms with van der Waals surface area (Å²) >= 11 is 2.13. The summed E-state index contributed by atoms with van der Waals surface area (Å²) in [6.45, 7) is 0. The van der Waals surface area contributed by atoms with Crippen molar-refractivity contribution >= 4 is 11.8 Å². The Bertz CT molecular complexity index is 217. The van der Waals surface area contributed by atoms with Crippen molar-refractivity contribution < 1.29 is 0 Å². The van der Waals surface area contributed by atoms with Gasteiger partial charge in [0.2, 0.25) is 0 Å². The van der Waals surface area contributed by atoms with E-state index in [1.165, 1.54) is 62.9 Å². The van der Waals surface area contributed by atoms with Gasteiger partial charge in [-0.3, -0.25) is 0 Å². The van der Waals surface area contributed by atoms with Gasteiger partial charge in [-0.15, -0.1) is 0 Å². The van der Waals surface area contributed by atoms with Crippen LogP contribution in [0.5, 0.6) is 0 Å². The normalized spacial score (nSPS) is 39.2. The Morgan fingerprint density at radius 2 is 1.87 bits per heavy atom. The zero-order chi connectivity index (χ0) is 10.1. The fourth-order valence-corrected chi connectivity index (χ4v) is 4.93. The minimum atomic E-state index is 0.755. The summed E-state index contributed by atoms with van der Waals surface area (Å²) in [5.74, 6) is 2.75. The fraction of sp³-hybridized carbons (Fsp3) is 1.00. The molecule has 0 aromatic carbocycles. The smallest absolute Gasteiger partial charge is 0.0168 e. The van der Waals surface area contributed by atoms with E-state index in [-0.39, 0.29) is 0 Å². The average Bonchev–Trinajstić information content (AvgIpc) is 2.78. The molecule has 86 valence electrons. The molecular formula is C13H23NS. The Morgan fingerprint density at radius 1 is 1.00 bits per heavy atom. The average molecular weight is 225 g/mol. The summed E-state index contributed by atoms with van der Waals surface area (Å²) in [6, 6.07) is 1.74. The van der Waals surface area contributed by atoms with Gasteiger partial charge in [0, 0.05) is 17.8 Å². The van der Waals surface area contributed by atoms with Gasteiger partial charge < -0.3 is 5.32 Å². The van der Waals surface area contributed by atoms with Crippen LogP contribution in [0.15, 0.2) is 0 Å². The van der Waals surface area contributed by atoms with Crippen LogP contribution in [0, 0.1) is 5.41 Å². The van der Waals surface area contributed by atoms with E-state index in [0.29, 0.717) is 0 Å². The lowest BCUT2D eigenvalue weighted by Gasteiger charge is -2.53. The lowest BCUT2D eigenvalue weighted by atomic mass is 9.57. The van der Waals surface area contributed by atoms with Crippen LogP contribution in [0.4, 0.5) is 0 Å². The number of thioether (sulfide) groups is 1.